The molecule has 0 unspecified atom stereocenters. The Labute approximate surface area is 103 Å². The second kappa shape index (κ2) is 4.55. The van der Waals surface area contributed by atoms with E-state index in [0.717, 1.165) is 15.4 Å². The van der Waals surface area contributed by atoms with E-state index >= 15 is 0 Å². The molecule has 0 amide bonds. The van der Waals surface area contributed by atoms with Crippen LogP contribution in [0.25, 0.3) is 10.6 Å². The monoisotopic (exact) mass is 249 g/mol. The predicted molar refractivity (Wildman–Crippen MR) is 65.3 cm³/mol. The van der Waals surface area contributed by atoms with Crippen LogP contribution < -0.4 is 0 Å². The van der Waals surface area contributed by atoms with Crippen molar-refractivity contribution in [1.82, 2.24) is 4.98 Å². The topological polar surface area (TPSA) is 59.4 Å². The maximum absolute atomic E-state index is 11.4. The number of carbonyl (C=O) groups is 1. The van der Waals surface area contributed by atoms with Gasteiger partial charge in [0.15, 0.2) is 5.69 Å². The fraction of sp³-hybridized carbons (Fsp3) is 0.167. The van der Waals surface area contributed by atoms with Crippen molar-refractivity contribution in [3.8, 4) is 16.3 Å². The molecule has 4 nitrogen and oxygen atoms in total. The van der Waals surface area contributed by atoms with Gasteiger partial charge in [-0.15, -0.1) is 11.3 Å². The number of hydrogen-bond acceptors (Lipinski definition) is 5. The Morgan fingerprint density at radius 3 is 2.59 bits per heavy atom. The molecule has 1 N–H and O–H groups in total. The summed E-state index contributed by atoms with van der Waals surface area (Å²) in [5.41, 5.74) is 1.21. The largest absolute Gasteiger partial charge is 0.508 e. The molecule has 2 rings (SSSR count). The quantitative estimate of drug-likeness (QED) is 0.831. The number of aryl methyl sites for hydroxylation is 1. The summed E-state index contributed by atoms with van der Waals surface area (Å²) in [6.07, 6.45) is 0. The van der Waals surface area contributed by atoms with Crippen molar-refractivity contribution in [2.75, 3.05) is 7.11 Å². The minimum Gasteiger partial charge on any atom is -0.508 e. The molecular weight excluding hydrogens is 238 g/mol. The van der Waals surface area contributed by atoms with Crippen LogP contribution in [0.4, 0.5) is 0 Å². The van der Waals surface area contributed by atoms with Crippen LogP contribution in [0.1, 0.15) is 15.4 Å². The van der Waals surface area contributed by atoms with Gasteiger partial charge in [0.1, 0.15) is 10.8 Å². The number of phenolic OH excluding ortho intramolecular Hbond substituents is 1. The molecule has 0 bridgehead atoms. The lowest BCUT2D eigenvalue weighted by atomic mass is 10.2. The van der Waals surface area contributed by atoms with Crippen molar-refractivity contribution >= 4 is 17.3 Å². The number of carbonyl (C=O) groups excluding carboxylic acids is 1. The van der Waals surface area contributed by atoms with Gasteiger partial charge in [-0.1, -0.05) is 0 Å². The number of thiazole rings is 1. The number of benzene rings is 1. The number of aromatic hydroxyl groups is 1. The summed E-state index contributed by atoms with van der Waals surface area (Å²) < 4.78 is 4.65. The summed E-state index contributed by atoms with van der Waals surface area (Å²) in [7, 11) is 1.33. The van der Waals surface area contributed by atoms with Crippen LogP contribution in [-0.4, -0.2) is 23.2 Å². The average molecular weight is 249 g/mol. The molecule has 88 valence electrons. The zero-order valence-corrected chi connectivity index (χ0v) is 10.2. The van der Waals surface area contributed by atoms with Crippen LogP contribution in [0.15, 0.2) is 24.3 Å². The van der Waals surface area contributed by atoms with Gasteiger partial charge in [0.05, 0.1) is 7.11 Å². The Kier molecular flexibility index (Phi) is 3.10. The number of phenols is 1. The summed E-state index contributed by atoms with van der Waals surface area (Å²) in [6, 6.07) is 6.69. The number of hydrogen-bond donors (Lipinski definition) is 1. The van der Waals surface area contributed by atoms with Crippen LogP contribution in [0.2, 0.25) is 0 Å². The molecule has 0 aliphatic carbocycles. The molecule has 1 aromatic carbocycles. The first-order chi connectivity index (χ1) is 8.11. The molecule has 0 saturated carbocycles. The van der Waals surface area contributed by atoms with Crippen LogP contribution in [0.5, 0.6) is 5.75 Å². The van der Waals surface area contributed by atoms with E-state index in [4.69, 9.17) is 0 Å². The molecule has 0 aliphatic heterocycles. The van der Waals surface area contributed by atoms with E-state index in [0.29, 0.717) is 5.69 Å². The molecule has 2 aromatic rings. The lowest BCUT2D eigenvalue weighted by Gasteiger charge is -1.96. The molecule has 0 aliphatic rings. The fourth-order valence-electron chi connectivity index (χ4n) is 1.41. The maximum atomic E-state index is 11.4. The first kappa shape index (κ1) is 11.6. The van der Waals surface area contributed by atoms with E-state index in [-0.39, 0.29) is 5.75 Å². The Hall–Kier alpha value is -1.88. The molecular formula is C12H11NO3S. The highest BCUT2D eigenvalue weighted by Gasteiger charge is 2.16. The minimum absolute atomic E-state index is 0.204. The summed E-state index contributed by atoms with van der Waals surface area (Å²) in [4.78, 5) is 16.5. The molecule has 0 spiro atoms. The van der Waals surface area contributed by atoms with Crippen molar-refractivity contribution in [3.63, 3.8) is 0 Å². The van der Waals surface area contributed by atoms with Gasteiger partial charge in [0.25, 0.3) is 0 Å². The zero-order valence-electron chi connectivity index (χ0n) is 9.43. The van der Waals surface area contributed by atoms with Crippen LogP contribution in [-0.2, 0) is 4.74 Å². The van der Waals surface area contributed by atoms with Gasteiger partial charge in [-0.25, -0.2) is 9.78 Å². The van der Waals surface area contributed by atoms with Gasteiger partial charge in [0, 0.05) is 10.4 Å². The Bertz CT molecular complexity index is 545. The number of esters is 1. The summed E-state index contributed by atoms with van der Waals surface area (Å²) in [5.74, 6) is -0.223. The third-order valence-electron chi connectivity index (χ3n) is 2.29. The normalized spacial score (nSPS) is 10.2. The molecule has 1 heterocycles. The highest BCUT2D eigenvalue weighted by Crippen LogP contribution is 2.28. The van der Waals surface area contributed by atoms with Crippen molar-refractivity contribution < 1.29 is 14.6 Å². The third-order valence-corrected chi connectivity index (χ3v) is 3.31. The van der Waals surface area contributed by atoms with Gasteiger partial charge in [0.2, 0.25) is 0 Å². The second-order valence-corrected chi connectivity index (χ2v) is 4.67. The fourth-order valence-corrected chi connectivity index (χ4v) is 2.32. The molecule has 0 atom stereocenters. The lowest BCUT2D eigenvalue weighted by Crippen LogP contribution is -2.03. The zero-order chi connectivity index (χ0) is 12.4. The highest BCUT2D eigenvalue weighted by molar-refractivity contribution is 7.15. The van der Waals surface area contributed by atoms with Gasteiger partial charge in [-0.3, -0.25) is 0 Å². The smallest absolute Gasteiger partial charge is 0.357 e. The van der Waals surface area contributed by atoms with Crippen molar-refractivity contribution in [2.24, 2.45) is 0 Å². The Morgan fingerprint density at radius 1 is 1.35 bits per heavy atom. The van der Waals surface area contributed by atoms with Crippen LogP contribution in [0.3, 0.4) is 0 Å². The maximum Gasteiger partial charge on any atom is 0.357 e. The van der Waals surface area contributed by atoms with Crippen molar-refractivity contribution in [2.45, 2.75) is 6.92 Å². The van der Waals surface area contributed by atoms with E-state index in [1.165, 1.54) is 18.4 Å². The Morgan fingerprint density at radius 2 is 2.00 bits per heavy atom. The number of aromatic nitrogens is 1. The second-order valence-electron chi connectivity index (χ2n) is 3.46. The van der Waals surface area contributed by atoms with Crippen molar-refractivity contribution in [1.29, 1.82) is 0 Å². The molecule has 0 fully saturated rings. The van der Waals surface area contributed by atoms with E-state index in [1.807, 2.05) is 6.92 Å². The third kappa shape index (κ3) is 2.29. The highest BCUT2D eigenvalue weighted by atomic mass is 32.1. The SMILES string of the molecule is COC(=O)c1nc(-c2ccc(O)cc2)sc1C. The Balaban J connectivity index is 2.41. The summed E-state index contributed by atoms with van der Waals surface area (Å²) in [6.45, 7) is 1.83. The van der Waals surface area contributed by atoms with E-state index in [9.17, 15) is 9.90 Å². The summed E-state index contributed by atoms with van der Waals surface area (Å²) in [5, 5.41) is 9.94. The van der Waals surface area contributed by atoms with Gasteiger partial charge >= 0.3 is 5.97 Å². The van der Waals surface area contributed by atoms with Gasteiger partial charge < -0.3 is 9.84 Å². The molecule has 0 radical (unpaired) electrons. The molecule has 0 saturated heterocycles. The number of nitrogens with zero attached hydrogens (tertiary/aromatic N) is 1. The lowest BCUT2D eigenvalue weighted by molar-refractivity contribution is 0.0594. The van der Waals surface area contributed by atoms with E-state index in [1.54, 1.807) is 24.3 Å². The van der Waals surface area contributed by atoms with Crippen molar-refractivity contribution in [3.05, 3.63) is 34.8 Å². The first-order valence-electron chi connectivity index (χ1n) is 4.97. The molecule has 1 aromatic heterocycles. The van der Waals surface area contributed by atoms with Gasteiger partial charge in [-0.05, 0) is 31.2 Å². The number of ether oxygens (including phenoxy) is 1. The minimum atomic E-state index is -0.427. The molecule has 5 heteroatoms. The van der Waals surface area contributed by atoms with E-state index in [2.05, 4.69) is 9.72 Å². The summed E-state index contributed by atoms with van der Waals surface area (Å²) >= 11 is 1.42. The number of rotatable bonds is 2. The molecule has 17 heavy (non-hydrogen) atoms. The first-order valence-corrected chi connectivity index (χ1v) is 5.78. The average Bonchev–Trinajstić information content (AvgIpc) is 2.71. The standard InChI is InChI=1S/C12H11NO3S/c1-7-10(12(15)16-2)13-11(17-7)8-3-5-9(14)6-4-8/h3-6,14H,1-2H3. The van der Waals surface area contributed by atoms with Crippen LogP contribution in [0, 0.1) is 6.92 Å². The number of methoxy groups -OCH3 is 1. The van der Waals surface area contributed by atoms with E-state index < -0.39 is 5.97 Å². The predicted octanol–water partition coefficient (Wildman–Crippen LogP) is 2.61. The van der Waals surface area contributed by atoms with Crippen LogP contribution >= 0.6 is 11.3 Å². The van der Waals surface area contributed by atoms with Gasteiger partial charge in [-0.2, -0.15) is 0 Å².